The largest absolute Gasteiger partial charge is 0.492 e. The summed E-state index contributed by atoms with van der Waals surface area (Å²) in [5.41, 5.74) is 1.20. The second kappa shape index (κ2) is 8.28. The highest BCUT2D eigenvalue weighted by molar-refractivity contribution is 5.46. The number of rotatable bonds is 7. The van der Waals surface area contributed by atoms with Crippen molar-refractivity contribution >= 4 is 5.69 Å². The molecule has 1 aromatic rings. The molecule has 2 atom stereocenters. The zero-order valence-electron chi connectivity index (χ0n) is 13.8. The van der Waals surface area contributed by atoms with Gasteiger partial charge in [0.25, 0.3) is 0 Å². The van der Waals surface area contributed by atoms with Gasteiger partial charge in [0.2, 0.25) is 0 Å². The maximum Gasteiger partial charge on any atom is 0.119 e. The summed E-state index contributed by atoms with van der Waals surface area (Å²) in [7, 11) is 4.12. The lowest BCUT2D eigenvalue weighted by Gasteiger charge is -2.27. The molecular weight excluding hydrogens is 260 g/mol. The number of anilines is 1. The minimum Gasteiger partial charge on any atom is -0.492 e. The number of benzene rings is 1. The molecule has 1 N–H and O–H groups in total. The molecule has 0 bridgehead atoms. The second-order valence-electron chi connectivity index (χ2n) is 6.69. The first-order chi connectivity index (χ1) is 10.1. The number of hydrogen-bond acceptors (Lipinski definition) is 3. The van der Waals surface area contributed by atoms with Crippen molar-refractivity contribution in [1.82, 2.24) is 4.90 Å². The van der Waals surface area contributed by atoms with Crippen molar-refractivity contribution in [2.75, 3.05) is 39.1 Å². The van der Waals surface area contributed by atoms with E-state index in [0.29, 0.717) is 0 Å². The monoisotopic (exact) mass is 290 g/mol. The number of likely N-dealkylation sites (N-methyl/N-ethyl adjacent to an activating group) is 1. The van der Waals surface area contributed by atoms with Crippen molar-refractivity contribution in [3.8, 4) is 5.75 Å². The van der Waals surface area contributed by atoms with Crippen molar-refractivity contribution in [3.05, 3.63) is 24.3 Å². The Labute approximate surface area is 129 Å². The van der Waals surface area contributed by atoms with E-state index in [2.05, 4.69) is 55.5 Å². The highest BCUT2D eigenvalue weighted by Crippen LogP contribution is 2.28. The van der Waals surface area contributed by atoms with E-state index in [4.69, 9.17) is 4.74 Å². The quantitative estimate of drug-likeness (QED) is 0.825. The summed E-state index contributed by atoms with van der Waals surface area (Å²) < 4.78 is 5.71. The third-order valence-corrected chi connectivity index (χ3v) is 4.30. The molecule has 0 heterocycles. The van der Waals surface area contributed by atoms with Crippen molar-refractivity contribution < 1.29 is 4.74 Å². The third kappa shape index (κ3) is 5.96. The molecule has 0 aromatic heterocycles. The second-order valence-corrected chi connectivity index (χ2v) is 6.69. The summed E-state index contributed by atoms with van der Waals surface area (Å²) in [5.74, 6) is 2.69. The summed E-state index contributed by atoms with van der Waals surface area (Å²) in [6.07, 6.45) is 5.56. The van der Waals surface area contributed by atoms with Crippen LogP contribution in [0.3, 0.4) is 0 Å². The van der Waals surface area contributed by atoms with Crippen LogP contribution in [0.4, 0.5) is 5.69 Å². The smallest absolute Gasteiger partial charge is 0.119 e. The van der Waals surface area contributed by atoms with Gasteiger partial charge >= 0.3 is 0 Å². The summed E-state index contributed by atoms with van der Waals surface area (Å²) in [5, 5.41) is 3.57. The van der Waals surface area contributed by atoms with E-state index in [1.165, 1.54) is 31.4 Å². The predicted octanol–water partition coefficient (Wildman–Crippen LogP) is 3.87. The fourth-order valence-electron chi connectivity index (χ4n) is 3.02. The van der Waals surface area contributed by atoms with E-state index in [-0.39, 0.29) is 0 Å². The lowest BCUT2D eigenvalue weighted by atomic mass is 9.82. The predicted molar refractivity (Wildman–Crippen MR) is 90.1 cm³/mol. The topological polar surface area (TPSA) is 24.5 Å². The summed E-state index contributed by atoms with van der Waals surface area (Å²) in [4.78, 5) is 2.13. The molecular formula is C18H30N2O. The molecule has 2 rings (SSSR count). The molecule has 1 aromatic carbocycles. The van der Waals surface area contributed by atoms with Crippen LogP contribution >= 0.6 is 0 Å². The summed E-state index contributed by atoms with van der Waals surface area (Å²) in [6, 6.07) is 8.36. The van der Waals surface area contributed by atoms with Crippen LogP contribution in [0.2, 0.25) is 0 Å². The normalized spacial score (nSPS) is 22.3. The van der Waals surface area contributed by atoms with E-state index in [9.17, 15) is 0 Å². The Kier molecular flexibility index (Phi) is 6.37. The van der Waals surface area contributed by atoms with E-state index in [0.717, 1.165) is 37.3 Å². The van der Waals surface area contributed by atoms with Gasteiger partial charge in [-0.15, -0.1) is 0 Å². The van der Waals surface area contributed by atoms with Crippen LogP contribution in [-0.2, 0) is 0 Å². The van der Waals surface area contributed by atoms with Gasteiger partial charge in [0.05, 0.1) is 0 Å². The highest BCUT2D eigenvalue weighted by Gasteiger charge is 2.18. The zero-order chi connectivity index (χ0) is 15.1. The fraction of sp³-hybridized carbons (Fsp3) is 0.667. The van der Waals surface area contributed by atoms with Crippen LogP contribution in [-0.4, -0.2) is 38.7 Å². The Hall–Kier alpha value is -1.22. The first-order valence-electron chi connectivity index (χ1n) is 8.25. The first kappa shape index (κ1) is 16.2. The lowest BCUT2D eigenvalue weighted by Crippen LogP contribution is -2.21. The molecule has 1 aliphatic carbocycles. The maximum atomic E-state index is 5.71. The Balaban J connectivity index is 1.71. The van der Waals surface area contributed by atoms with E-state index >= 15 is 0 Å². The first-order valence-corrected chi connectivity index (χ1v) is 8.25. The van der Waals surface area contributed by atoms with Crippen molar-refractivity contribution in [2.45, 2.75) is 32.6 Å². The Bertz CT molecular complexity index is 402. The number of hydrogen-bond donors (Lipinski definition) is 1. The van der Waals surface area contributed by atoms with Crippen LogP contribution in [0.5, 0.6) is 5.75 Å². The molecule has 21 heavy (non-hydrogen) atoms. The molecule has 3 heteroatoms. The van der Waals surface area contributed by atoms with Gasteiger partial charge in [0.15, 0.2) is 0 Å². The Morgan fingerprint density at radius 2 is 1.95 bits per heavy atom. The standard InChI is InChI=1S/C18H30N2O/c1-15-5-4-6-16(13-15)14-19-17-7-9-18(10-8-17)21-12-11-20(2)3/h7-10,15-16,19H,4-6,11-14H2,1-3H3. The van der Waals surface area contributed by atoms with E-state index in [1.807, 2.05) is 0 Å². The Morgan fingerprint density at radius 3 is 2.62 bits per heavy atom. The average molecular weight is 290 g/mol. The van der Waals surface area contributed by atoms with Crippen molar-refractivity contribution in [1.29, 1.82) is 0 Å². The van der Waals surface area contributed by atoms with Crippen LogP contribution in [0, 0.1) is 11.8 Å². The molecule has 1 saturated carbocycles. The van der Waals surface area contributed by atoms with Gasteiger partial charge in [0.1, 0.15) is 12.4 Å². The molecule has 2 unspecified atom stereocenters. The molecule has 0 spiro atoms. The third-order valence-electron chi connectivity index (χ3n) is 4.30. The minimum atomic E-state index is 0.736. The van der Waals surface area contributed by atoms with Crippen LogP contribution < -0.4 is 10.1 Å². The number of nitrogens with one attached hydrogen (secondary N) is 1. The van der Waals surface area contributed by atoms with Gasteiger partial charge in [-0.2, -0.15) is 0 Å². The van der Waals surface area contributed by atoms with Crippen molar-refractivity contribution in [2.24, 2.45) is 11.8 Å². The number of nitrogens with zero attached hydrogens (tertiary/aromatic N) is 1. The molecule has 0 radical (unpaired) electrons. The molecule has 0 saturated heterocycles. The molecule has 3 nitrogen and oxygen atoms in total. The van der Waals surface area contributed by atoms with Gasteiger partial charge in [0, 0.05) is 18.8 Å². The number of ether oxygens (including phenoxy) is 1. The maximum absolute atomic E-state index is 5.71. The van der Waals surface area contributed by atoms with Gasteiger partial charge in [-0.25, -0.2) is 0 Å². The zero-order valence-corrected chi connectivity index (χ0v) is 13.8. The van der Waals surface area contributed by atoms with E-state index < -0.39 is 0 Å². The average Bonchev–Trinajstić information content (AvgIpc) is 2.46. The highest BCUT2D eigenvalue weighted by atomic mass is 16.5. The Morgan fingerprint density at radius 1 is 1.19 bits per heavy atom. The molecule has 0 amide bonds. The molecule has 0 aliphatic heterocycles. The summed E-state index contributed by atoms with van der Waals surface area (Å²) in [6.45, 7) is 5.16. The lowest BCUT2D eigenvalue weighted by molar-refractivity contribution is 0.261. The van der Waals surface area contributed by atoms with E-state index in [1.54, 1.807) is 0 Å². The SMILES string of the molecule is CC1CCCC(CNc2ccc(OCCN(C)C)cc2)C1. The summed E-state index contributed by atoms with van der Waals surface area (Å²) >= 11 is 0. The molecule has 118 valence electrons. The molecule has 1 aliphatic rings. The van der Waals surface area contributed by atoms with Crippen molar-refractivity contribution in [3.63, 3.8) is 0 Å². The van der Waals surface area contributed by atoms with Gasteiger partial charge in [-0.3, -0.25) is 0 Å². The minimum absolute atomic E-state index is 0.736. The van der Waals surface area contributed by atoms with Crippen LogP contribution in [0.1, 0.15) is 32.6 Å². The fourth-order valence-corrected chi connectivity index (χ4v) is 3.02. The van der Waals surface area contributed by atoms with Gasteiger partial charge in [-0.1, -0.05) is 19.8 Å². The van der Waals surface area contributed by atoms with Gasteiger partial charge < -0.3 is 15.0 Å². The van der Waals surface area contributed by atoms with Gasteiger partial charge in [-0.05, 0) is 63.0 Å². The van der Waals surface area contributed by atoms with Crippen LogP contribution in [0.25, 0.3) is 0 Å². The van der Waals surface area contributed by atoms with Crippen LogP contribution in [0.15, 0.2) is 24.3 Å². The molecule has 1 fully saturated rings.